The molecule has 1 heterocycles. The van der Waals surface area contributed by atoms with Crippen LogP contribution in [-0.4, -0.2) is 37.3 Å². The zero-order valence-corrected chi connectivity index (χ0v) is 9.16. The van der Waals surface area contributed by atoms with E-state index in [1.165, 1.54) is 0 Å². The Hall–Kier alpha value is -0.660. The van der Waals surface area contributed by atoms with Crippen LogP contribution in [0.15, 0.2) is 0 Å². The van der Waals surface area contributed by atoms with Crippen molar-refractivity contribution in [3.05, 3.63) is 0 Å². The molecule has 2 fully saturated rings. The van der Waals surface area contributed by atoms with Gasteiger partial charge in [-0.2, -0.15) is 12.7 Å². The largest absolute Gasteiger partial charge is 0.352 e. The second-order valence-electron chi connectivity index (χ2n) is 4.10. The molecule has 86 valence electrons. The van der Waals surface area contributed by atoms with Crippen LogP contribution in [0, 0.1) is 0 Å². The maximum absolute atomic E-state index is 11.7. The van der Waals surface area contributed by atoms with E-state index in [0.717, 1.165) is 17.1 Å². The van der Waals surface area contributed by atoms with Crippen molar-refractivity contribution in [3.8, 4) is 0 Å². The summed E-state index contributed by atoms with van der Waals surface area (Å²) in [5.74, 6) is -0.205. The molecule has 1 atom stereocenters. The molecule has 1 aliphatic heterocycles. The van der Waals surface area contributed by atoms with Crippen molar-refractivity contribution < 1.29 is 13.2 Å². The van der Waals surface area contributed by atoms with Gasteiger partial charge in [-0.1, -0.05) is 0 Å². The summed E-state index contributed by atoms with van der Waals surface area (Å²) in [6.45, 7) is 0.349. The molecule has 0 bridgehead atoms. The Morgan fingerprint density at radius 1 is 1.33 bits per heavy atom. The van der Waals surface area contributed by atoms with E-state index in [9.17, 15) is 13.2 Å². The van der Waals surface area contributed by atoms with Crippen LogP contribution in [0.2, 0.25) is 0 Å². The smallest absolute Gasteiger partial charge is 0.277 e. The van der Waals surface area contributed by atoms with Crippen molar-refractivity contribution in [1.82, 2.24) is 9.62 Å². The van der Waals surface area contributed by atoms with Crippen molar-refractivity contribution in [3.63, 3.8) is 0 Å². The topological polar surface area (TPSA) is 92.5 Å². The number of rotatable bonds is 3. The molecular weight excluding hydrogens is 218 g/mol. The SMILES string of the molecule is NS(=O)(=O)N1CCC[C@@H]1C(=O)NC1CC1. The number of amides is 1. The fraction of sp³-hybridized carbons (Fsp3) is 0.875. The maximum Gasteiger partial charge on any atom is 0.277 e. The van der Waals surface area contributed by atoms with Crippen molar-refractivity contribution in [2.45, 2.75) is 37.8 Å². The van der Waals surface area contributed by atoms with E-state index in [1.807, 2.05) is 0 Å². The summed E-state index contributed by atoms with van der Waals surface area (Å²) < 4.78 is 23.4. The molecule has 0 unspecified atom stereocenters. The summed E-state index contributed by atoms with van der Waals surface area (Å²) in [6, 6.07) is -0.346. The number of nitrogens with one attached hydrogen (secondary N) is 1. The predicted molar refractivity (Wildman–Crippen MR) is 54.0 cm³/mol. The van der Waals surface area contributed by atoms with Crippen LogP contribution in [0.5, 0.6) is 0 Å². The lowest BCUT2D eigenvalue weighted by Crippen LogP contribution is -2.48. The van der Waals surface area contributed by atoms with Crippen molar-refractivity contribution in [2.75, 3.05) is 6.54 Å². The Morgan fingerprint density at radius 2 is 2.00 bits per heavy atom. The highest BCUT2D eigenvalue weighted by molar-refractivity contribution is 7.86. The lowest BCUT2D eigenvalue weighted by atomic mass is 10.2. The molecule has 6 nitrogen and oxygen atoms in total. The molecule has 1 amide bonds. The Bertz CT molecular complexity index is 363. The van der Waals surface area contributed by atoms with Crippen LogP contribution < -0.4 is 10.5 Å². The van der Waals surface area contributed by atoms with Gasteiger partial charge in [-0.05, 0) is 25.7 Å². The molecular formula is C8H15N3O3S. The summed E-state index contributed by atoms with van der Waals surface area (Å²) in [4.78, 5) is 11.7. The molecule has 0 spiro atoms. The third-order valence-electron chi connectivity index (χ3n) is 2.76. The minimum atomic E-state index is -3.74. The second kappa shape index (κ2) is 3.73. The number of nitrogens with two attached hydrogens (primary N) is 1. The average Bonchev–Trinajstić information content (AvgIpc) is 2.80. The highest BCUT2D eigenvalue weighted by atomic mass is 32.2. The van der Waals surface area contributed by atoms with Gasteiger partial charge in [-0.15, -0.1) is 0 Å². The van der Waals surface area contributed by atoms with Gasteiger partial charge >= 0.3 is 0 Å². The lowest BCUT2D eigenvalue weighted by Gasteiger charge is -2.20. The zero-order chi connectivity index (χ0) is 11.1. The van der Waals surface area contributed by atoms with Gasteiger partial charge in [-0.25, -0.2) is 5.14 Å². The fourth-order valence-electron chi connectivity index (χ4n) is 1.83. The molecule has 1 aliphatic carbocycles. The van der Waals surface area contributed by atoms with E-state index in [-0.39, 0.29) is 11.9 Å². The number of carbonyl (C=O) groups excluding carboxylic acids is 1. The number of hydrogen-bond donors (Lipinski definition) is 2. The van der Waals surface area contributed by atoms with Gasteiger partial charge in [0.25, 0.3) is 10.2 Å². The van der Waals surface area contributed by atoms with Gasteiger partial charge in [0.2, 0.25) is 5.91 Å². The minimum Gasteiger partial charge on any atom is -0.352 e. The zero-order valence-electron chi connectivity index (χ0n) is 8.35. The van der Waals surface area contributed by atoms with Crippen molar-refractivity contribution in [2.24, 2.45) is 5.14 Å². The van der Waals surface area contributed by atoms with Crippen molar-refractivity contribution >= 4 is 16.1 Å². The standard InChI is InChI=1S/C8H15N3O3S/c9-15(13,14)11-5-1-2-7(11)8(12)10-6-3-4-6/h6-7H,1-5H2,(H,10,12)(H2,9,13,14)/t7-/m1/s1. The van der Waals surface area contributed by atoms with E-state index in [1.54, 1.807) is 0 Å². The monoisotopic (exact) mass is 233 g/mol. The van der Waals surface area contributed by atoms with Gasteiger partial charge < -0.3 is 5.32 Å². The Balaban J connectivity index is 2.03. The first-order valence-corrected chi connectivity index (χ1v) is 6.59. The molecule has 0 radical (unpaired) electrons. The van der Waals surface area contributed by atoms with Crippen LogP contribution in [0.1, 0.15) is 25.7 Å². The summed E-state index contributed by atoms with van der Waals surface area (Å²) in [5.41, 5.74) is 0. The molecule has 2 aliphatic rings. The lowest BCUT2D eigenvalue weighted by molar-refractivity contribution is -0.124. The summed E-state index contributed by atoms with van der Waals surface area (Å²) in [6.07, 6.45) is 3.25. The van der Waals surface area contributed by atoms with E-state index in [0.29, 0.717) is 19.4 Å². The Kier molecular flexibility index (Phi) is 2.70. The summed E-state index contributed by atoms with van der Waals surface area (Å²) in [7, 11) is -3.74. The minimum absolute atomic E-state index is 0.205. The molecule has 0 aromatic rings. The van der Waals surface area contributed by atoms with Gasteiger partial charge in [0, 0.05) is 12.6 Å². The molecule has 7 heteroatoms. The van der Waals surface area contributed by atoms with Gasteiger partial charge in [0.1, 0.15) is 6.04 Å². The van der Waals surface area contributed by atoms with Crippen LogP contribution in [0.4, 0.5) is 0 Å². The average molecular weight is 233 g/mol. The number of nitrogens with zero attached hydrogens (tertiary/aromatic N) is 1. The van der Waals surface area contributed by atoms with E-state index in [4.69, 9.17) is 5.14 Å². The second-order valence-corrected chi connectivity index (χ2v) is 5.60. The summed E-state index contributed by atoms with van der Waals surface area (Å²) >= 11 is 0. The van der Waals surface area contributed by atoms with E-state index in [2.05, 4.69) is 5.32 Å². The Morgan fingerprint density at radius 3 is 2.53 bits per heavy atom. The van der Waals surface area contributed by atoms with E-state index >= 15 is 0 Å². The molecule has 2 rings (SSSR count). The first kappa shape index (κ1) is 10.8. The van der Waals surface area contributed by atoms with Gasteiger partial charge in [-0.3, -0.25) is 4.79 Å². The maximum atomic E-state index is 11.7. The number of hydrogen-bond acceptors (Lipinski definition) is 3. The molecule has 1 saturated carbocycles. The first-order valence-electron chi connectivity index (χ1n) is 5.08. The highest BCUT2D eigenvalue weighted by Gasteiger charge is 2.38. The van der Waals surface area contributed by atoms with Crippen LogP contribution in [0.25, 0.3) is 0 Å². The Labute approximate surface area is 89.0 Å². The molecule has 15 heavy (non-hydrogen) atoms. The summed E-state index contributed by atoms with van der Waals surface area (Å²) in [5, 5.41) is 7.83. The fourth-order valence-corrected chi connectivity index (χ4v) is 2.77. The molecule has 3 N–H and O–H groups in total. The highest BCUT2D eigenvalue weighted by Crippen LogP contribution is 2.23. The first-order chi connectivity index (χ1) is 6.98. The number of carbonyl (C=O) groups is 1. The van der Waals surface area contributed by atoms with E-state index < -0.39 is 16.3 Å². The molecule has 1 saturated heterocycles. The quantitative estimate of drug-likeness (QED) is 0.650. The molecule has 0 aromatic carbocycles. The van der Waals surface area contributed by atoms with Crippen LogP contribution in [-0.2, 0) is 15.0 Å². The van der Waals surface area contributed by atoms with Crippen LogP contribution in [0.3, 0.4) is 0 Å². The van der Waals surface area contributed by atoms with Crippen molar-refractivity contribution in [1.29, 1.82) is 0 Å². The normalized spacial score (nSPS) is 27.9. The van der Waals surface area contributed by atoms with Gasteiger partial charge in [0.15, 0.2) is 0 Å². The third kappa shape index (κ3) is 2.47. The predicted octanol–water partition coefficient (Wildman–Crippen LogP) is -1.07. The third-order valence-corrected chi connectivity index (χ3v) is 3.85. The van der Waals surface area contributed by atoms with Crippen LogP contribution >= 0.6 is 0 Å². The molecule has 0 aromatic heterocycles. The van der Waals surface area contributed by atoms with Gasteiger partial charge in [0.05, 0.1) is 0 Å².